The Hall–Kier alpha value is -2.53. The zero-order valence-corrected chi connectivity index (χ0v) is 24.7. The number of rotatable bonds is 12. The van der Waals surface area contributed by atoms with Crippen molar-refractivity contribution in [2.75, 3.05) is 39.4 Å². The molecule has 2 fully saturated rings. The number of halogens is 1. The number of ether oxygens (including phenoxy) is 1. The van der Waals surface area contributed by atoms with Crippen LogP contribution >= 0.6 is 22.9 Å². The van der Waals surface area contributed by atoms with Crippen molar-refractivity contribution in [3.63, 3.8) is 0 Å². The van der Waals surface area contributed by atoms with Crippen molar-refractivity contribution >= 4 is 50.9 Å². The number of carbonyl (C=O) groups is 3. The Morgan fingerprint density at radius 1 is 1.18 bits per heavy atom. The van der Waals surface area contributed by atoms with Crippen molar-refractivity contribution in [1.82, 2.24) is 25.8 Å². The molecule has 40 heavy (non-hydrogen) atoms. The van der Waals surface area contributed by atoms with Crippen molar-refractivity contribution in [3.8, 4) is 0 Å². The van der Waals surface area contributed by atoms with Gasteiger partial charge in [0.1, 0.15) is 6.04 Å². The lowest BCUT2D eigenvalue weighted by Gasteiger charge is -2.32. The van der Waals surface area contributed by atoms with Gasteiger partial charge >= 0.3 is 0 Å². The van der Waals surface area contributed by atoms with E-state index in [0.29, 0.717) is 36.9 Å². The van der Waals surface area contributed by atoms with Crippen LogP contribution in [0.5, 0.6) is 0 Å². The molecule has 1 aromatic carbocycles. The average molecular weight is 590 g/mol. The summed E-state index contributed by atoms with van der Waals surface area (Å²) in [5.41, 5.74) is 1.31. The van der Waals surface area contributed by atoms with Gasteiger partial charge < -0.3 is 20.7 Å². The molecule has 1 aliphatic carbocycles. The largest absolute Gasteiger partial charge is 0.379 e. The maximum Gasteiger partial charge on any atom is 0.247 e. The summed E-state index contributed by atoms with van der Waals surface area (Å²) >= 11 is 7.60. The Labute approximate surface area is 245 Å². The van der Waals surface area contributed by atoms with Gasteiger partial charge in [0.05, 0.1) is 28.4 Å². The van der Waals surface area contributed by atoms with Crippen LogP contribution in [0.15, 0.2) is 30.4 Å². The highest BCUT2D eigenvalue weighted by Gasteiger charge is 2.30. The summed E-state index contributed by atoms with van der Waals surface area (Å²) in [7, 11) is 0. The fourth-order valence-corrected chi connectivity index (χ4v) is 6.59. The number of benzene rings is 1. The van der Waals surface area contributed by atoms with E-state index in [1.807, 2.05) is 12.1 Å². The number of carbonyl (C=O) groups excluding carboxylic acids is 3. The monoisotopic (exact) mass is 589 g/mol. The van der Waals surface area contributed by atoms with Crippen molar-refractivity contribution in [2.24, 2.45) is 5.92 Å². The topological polar surface area (TPSA) is 113 Å². The number of amides is 3. The van der Waals surface area contributed by atoms with Gasteiger partial charge in [0.25, 0.3) is 0 Å². The number of thiazole rings is 1. The highest BCUT2D eigenvalue weighted by Crippen LogP contribution is 2.28. The van der Waals surface area contributed by atoms with Crippen LogP contribution in [-0.4, -0.2) is 79.1 Å². The first-order valence-electron chi connectivity index (χ1n) is 14.2. The molecular formula is C29H40ClN5O4S. The second kappa shape index (κ2) is 14.9. The molecule has 1 aromatic heterocycles. The van der Waals surface area contributed by atoms with E-state index < -0.39 is 6.04 Å². The van der Waals surface area contributed by atoms with Gasteiger partial charge in [-0.1, -0.05) is 44.4 Å². The normalized spacial score (nSPS) is 18.1. The molecule has 2 aliphatic rings. The molecule has 2 atom stereocenters. The van der Waals surface area contributed by atoms with E-state index in [9.17, 15) is 14.4 Å². The minimum absolute atomic E-state index is 0.203. The Bertz CT molecular complexity index is 1190. The van der Waals surface area contributed by atoms with E-state index >= 15 is 0 Å². The van der Waals surface area contributed by atoms with Gasteiger partial charge in [-0.25, -0.2) is 4.98 Å². The molecule has 218 valence electrons. The van der Waals surface area contributed by atoms with E-state index in [1.165, 1.54) is 17.8 Å². The molecule has 11 heteroatoms. The molecule has 3 amide bonds. The predicted octanol–water partition coefficient (Wildman–Crippen LogP) is 3.46. The molecule has 1 aliphatic heterocycles. The molecular weight excluding hydrogens is 550 g/mol. The van der Waals surface area contributed by atoms with Crippen molar-refractivity contribution in [3.05, 3.63) is 40.4 Å². The molecule has 3 N–H and O–H groups in total. The van der Waals surface area contributed by atoms with Crippen LogP contribution in [0.1, 0.15) is 50.5 Å². The summed E-state index contributed by atoms with van der Waals surface area (Å²) in [4.78, 5) is 45.7. The lowest BCUT2D eigenvalue weighted by atomic mass is 9.83. The molecule has 0 radical (unpaired) electrons. The van der Waals surface area contributed by atoms with E-state index in [4.69, 9.17) is 16.3 Å². The molecule has 1 unspecified atom stereocenters. The van der Waals surface area contributed by atoms with Crippen LogP contribution in [0.2, 0.25) is 5.02 Å². The molecule has 0 spiro atoms. The Balaban J connectivity index is 1.42. The van der Waals surface area contributed by atoms with Crippen molar-refractivity contribution in [1.29, 1.82) is 0 Å². The van der Waals surface area contributed by atoms with Gasteiger partial charge in [0, 0.05) is 55.7 Å². The fourth-order valence-electron chi connectivity index (χ4n) is 5.30. The number of morpholine rings is 1. The van der Waals surface area contributed by atoms with Crippen LogP contribution in [0.4, 0.5) is 0 Å². The lowest BCUT2D eigenvalue weighted by molar-refractivity contribution is -0.129. The molecule has 1 saturated heterocycles. The highest BCUT2D eigenvalue weighted by atomic mass is 35.5. The number of nitrogens with zero attached hydrogens (tertiary/aromatic N) is 2. The summed E-state index contributed by atoms with van der Waals surface area (Å²) in [6, 6.07) is 4.47. The smallest absolute Gasteiger partial charge is 0.247 e. The van der Waals surface area contributed by atoms with E-state index in [-0.39, 0.29) is 42.5 Å². The summed E-state index contributed by atoms with van der Waals surface area (Å²) < 4.78 is 6.32. The Kier molecular flexibility index (Phi) is 11.3. The van der Waals surface area contributed by atoms with Crippen LogP contribution in [0, 0.1) is 5.92 Å². The van der Waals surface area contributed by atoms with Crippen LogP contribution in [0.25, 0.3) is 10.2 Å². The molecule has 0 bridgehead atoms. The minimum Gasteiger partial charge on any atom is -0.379 e. The summed E-state index contributed by atoms with van der Waals surface area (Å²) in [6.07, 6.45) is 5.89. The van der Waals surface area contributed by atoms with Gasteiger partial charge in [-0.2, -0.15) is 0 Å². The first kappa shape index (κ1) is 30.4. The summed E-state index contributed by atoms with van der Waals surface area (Å²) in [5, 5.41) is 10.5. The molecule has 1 saturated carbocycles. The maximum atomic E-state index is 13.6. The van der Waals surface area contributed by atoms with Crippen LogP contribution in [0.3, 0.4) is 0 Å². The van der Waals surface area contributed by atoms with Crippen LogP contribution < -0.4 is 16.0 Å². The summed E-state index contributed by atoms with van der Waals surface area (Å²) in [5.74, 6) is -0.426. The van der Waals surface area contributed by atoms with Gasteiger partial charge in [-0.3, -0.25) is 19.3 Å². The second-order valence-electron chi connectivity index (χ2n) is 10.6. The third kappa shape index (κ3) is 8.73. The van der Waals surface area contributed by atoms with Crippen LogP contribution in [-0.2, 0) is 25.5 Å². The zero-order chi connectivity index (χ0) is 28.5. The summed E-state index contributed by atoms with van der Waals surface area (Å²) in [6.45, 7) is 9.43. The molecule has 4 rings (SSSR count). The third-order valence-corrected chi connectivity index (χ3v) is 8.89. The van der Waals surface area contributed by atoms with Gasteiger partial charge in [-0.15, -0.1) is 11.3 Å². The van der Waals surface area contributed by atoms with E-state index in [0.717, 1.165) is 54.0 Å². The first-order chi connectivity index (χ1) is 19.3. The fraction of sp³-hybridized carbons (Fsp3) is 0.586. The lowest BCUT2D eigenvalue weighted by Crippen LogP contribution is -2.55. The number of aromatic nitrogens is 1. The maximum absolute atomic E-state index is 13.6. The van der Waals surface area contributed by atoms with Crippen molar-refractivity contribution < 1.29 is 19.1 Å². The van der Waals surface area contributed by atoms with E-state index in [1.54, 1.807) is 13.0 Å². The Morgan fingerprint density at radius 2 is 1.93 bits per heavy atom. The zero-order valence-electron chi connectivity index (χ0n) is 23.2. The highest BCUT2D eigenvalue weighted by molar-refractivity contribution is 7.18. The second-order valence-corrected chi connectivity index (χ2v) is 12.2. The minimum atomic E-state index is -0.776. The number of hydrogen-bond acceptors (Lipinski definition) is 7. The number of hydrogen-bond donors (Lipinski definition) is 3. The predicted molar refractivity (Wildman–Crippen MR) is 158 cm³/mol. The first-order valence-corrected chi connectivity index (χ1v) is 15.4. The van der Waals surface area contributed by atoms with Gasteiger partial charge in [-0.05, 0) is 37.0 Å². The molecule has 9 nitrogen and oxygen atoms in total. The number of fused-ring (bicyclic) bond motifs is 1. The Morgan fingerprint density at radius 3 is 2.65 bits per heavy atom. The molecule has 2 aromatic rings. The average Bonchev–Trinajstić information content (AvgIpc) is 3.36. The SMILES string of the molecule is C=C(CN1CCOCC1)C(=O)NCC(NC(=O)[C@H](Cc1nc2ccc(Cl)cc2s1)NC(=O)CC)C1CCCCC1. The van der Waals surface area contributed by atoms with E-state index in [2.05, 4.69) is 32.4 Å². The quantitative estimate of drug-likeness (QED) is 0.327. The van der Waals surface area contributed by atoms with Crippen molar-refractivity contribution in [2.45, 2.75) is 64.0 Å². The third-order valence-electron chi connectivity index (χ3n) is 7.61. The number of nitrogens with one attached hydrogen (secondary N) is 3. The molecule has 2 heterocycles. The standard InChI is InChI=1S/C29H40ClN5O4S/c1-3-26(36)32-23(16-27-33-22-10-9-21(30)15-25(22)40-27)29(38)34-24(20-7-5-4-6-8-20)17-31-28(37)19(2)18-35-11-13-39-14-12-35/h9-10,15,20,23-24H,2-8,11-14,16-18H2,1H3,(H,31,37)(H,32,36)(H,34,38)/t23-,24?/m0/s1. The van der Waals surface area contributed by atoms with Gasteiger partial charge in [0.2, 0.25) is 17.7 Å². The van der Waals surface area contributed by atoms with Gasteiger partial charge in [0.15, 0.2) is 0 Å².